The summed E-state index contributed by atoms with van der Waals surface area (Å²) in [7, 11) is 1.67. The van der Waals surface area contributed by atoms with Crippen molar-refractivity contribution in [1.82, 2.24) is 52.3 Å². The van der Waals surface area contributed by atoms with Gasteiger partial charge >= 0.3 is 0 Å². The number of nitrogens with zero attached hydrogens (tertiary/aromatic N) is 2. The minimum Gasteiger partial charge on any atom is -0.489 e. The summed E-state index contributed by atoms with van der Waals surface area (Å²) in [6.07, 6.45) is 5.53. The van der Waals surface area contributed by atoms with E-state index >= 15 is 4.79 Å². The third-order valence-corrected chi connectivity index (χ3v) is 18.1. The Hall–Kier alpha value is -7.64. The van der Waals surface area contributed by atoms with Crippen LogP contribution in [0.15, 0.2) is 91.0 Å². The highest BCUT2D eigenvalue weighted by Gasteiger charge is 2.48. The second-order valence-corrected chi connectivity index (χ2v) is 28.0. The predicted octanol–water partition coefficient (Wildman–Crippen LogP) is 6.80. The monoisotopic (exact) mass is 1220 g/mol. The Balaban J connectivity index is 0.978. The van der Waals surface area contributed by atoms with Crippen molar-refractivity contribution in [3.05, 3.63) is 136 Å². The summed E-state index contributed by atoms with van der Waals surface area (Å²) in [5.74, 6) is -2.51. The lowest BCUT2D eigenvalue weighted by Gasteiger charge is -2.42. The van der Waals surface area contributed by atoms with Crippen molar-refractivity contribution < 1.29 is 43.1 Å². The molecule has 0 saturated carbocycles. The van der Waals surface area contributed by atoms with Gasteiger partial charge in [-0.25, -0.2) is 0 Å². The molecule has 19 heteroatoms. The molecule has 4 aliphatic rings. The molecule has 9 unspecified atom stereocenters. The Labute approximate surface area is 526 Å². The minimum atomic E-state index is -1.09. The molecule has 1 saturated heterocycles. The highest BCUT2D eigenvalue weighted by molar-refractivity contribution is 5.98. The van der Waals surface area contributed by atoms with Crippen molar-refractivity contribution in [3.8, 4) is 5.75 Å². The molecule has 19 nitrogen and oxygen atoms in total. The second kappa shape index (κ2) is 28.5. The fourth-order valence-corrected chi connectivity index (χ4v) is 12.7. The second-order valence-electron chi connectivity index (χ2n) is 28.0. The number of likely N-dealkylation sites (tertiary alicyclic amines) is 1. The van der Waals surface area contributed by atoms with Gasteiger partial charge in [0.1, 0.15) is 42.6 Å². The number of aryl methyl sites for hydroxylation is 2. The Morgan fingerprint density at radius 1 is 0.573 bits per heavy atom. The van der Waals surface area contributed by atoms with Gasteiger partial charge in [0.2, 0.25) is 41.4 Å². The SMILES string of the molecule is CCNC(C)C(=O)NC(C(=O)NC(C(=O)N1Cc2cc(OCc3ccc(C(=O)NC4CC(C(=O)NC5CCCc6ccccc65)N(C(=O)C(NC(=O)[C@H](C)NC)C(C)(C)C)C4)cc3)ccc2CC1C(=O)NC1CCCc2ccccc21)C(C)(C)C)C(C)(C)C. The van der Waals surface area contributed by atoms with E-state index in [0.717, 1.165) is 66.3 Å². The fraction of sp³-hybridized carbons (Fsp3) is 0.543. The molecule has 2 heterocycles. The molecule has 4 aromatic rings. The first-order valence-corrected chi connectivity index (χ1v) is 31.9. The zero-order chi connectivity index (χ0) is 64.7. The average Bonchev–Trinajstić information content (AvgIpc) is 1.75. The summed E-state index contributed by atoms with van der Waals surface area (Å²) in [5.41, 5.74) is 5.01. The van der Waals surface area contributed by atoms with Crippen molar-refractivity contribution >= 4 is 47.3 Å². The molecule has 0 aromatic heterocycles. The Bertz CT molecular complexity index is 3240. The summed E-state index contributed by atoms with van der Waals surface area (Å²) in [6, 6.07) is 21.8. The maximum Gasteiger partial charge on any atom is 0.251 e. The van der Waals surface area contributed by atoms with Crippen LogP contribution in [0.1, 0.15) is 177 Å². The summed E-state index contributed by atoms with van der Waals surface area (Å²) in [4.78, 5) is 118. The zero-order valence-corrected chi connectivity index (χ0v) is 54.5. The average molecular weight is 1220 g/mol. The molecule has 2 aliphatic heterocycles. The Morgan fingerprint density at radius 3 is 1.64 bits per heavy atom. The first-order chi connectivity index (χ1) is 42.1. The lowest BCUT2D eigenvalue weighted by atomic mass is 9.82. The van der Waals surface area contributed by atoms with Crippen LogP contribution in [0.2, 0.25) is 0 Å². The maximum atomic E-state index is 15.4. The number of carbonyl (C=O) groups is 8. The van der Waals surface area contributed by atoms with Crippen LogP contribution in [0.4, 0.5) is 0 Å². The topological polar surface area (TPSA) is 249 Å². The Morgan fingerprint density at radius 2 is 1.09 bits per heavy atom. The maximum absolute atomic E-state index is 15.4. The summed E-state index contributed by atoms with van der Waals surface area (Å²) < 4.78 is 6.39. The fourth-order valence-electron chi connectivity index (χ4n) is 12.7. The lowest BCUT2D eigenvalue weighted by Crippen LogP contribution is -2.64. The van der Waals surface area contributed by atoms with Crippen molar-refractivity contribution in [2.45, 2.75) is 208 Å². The van der Waals surface area contributed by atoms with Crippen LogP contribution in [-0.4, -0.2) is 126 Å². The number of ether oxygens (including phenoxy) is 1. The largest absolute Gasteiger partial charge is 0.489 e. The van der Waals surface area contributed by atoms with Gasteiger partial charge in [0, 0.05) is 31.1 Å². The molecule has 8 rings (SSSR count). The smallest absolute Gasteiger partial charge is 0.251 e. The van der Waals surface area contributed by atoms with E-state index in [1.807, 2.05) is 124 Å². The van der Waals surface area contributed by atoms with Gasteiger partial charge in [-0.05, 0) is 152 Å². The normalized spacial score (nSPS) is 20.8. The number of nitrogens with one attached hydrogen (secondary N) is 8. The van der Waals surface area contributed by atoms with E-state index < -0.39 is 82.3 Å². The van der Waals surface area contributed by atoms with Gasteiger partial charge < -0.3 is 57.1 Å². The van der Waals surface area contributed by atoms with Crippen LogP contribution in [0.25, 0.3) is 0 Å². The van der Waals surface area contributed by atoms with Crippen LogP contribution in [0.5, 0.6) is 5.75 Å². The van der Waals surface area contributed by atoms with Gasteiger partial charge in [-0.1, -0.05) is 136 Å². The molecule has 89 heavy (non-hydrogen) atoms. The van der Waals surface area contributed by atoms with Crippen LogP contribution in [0.3, 0.4) is 0 Å². The number of benzene rings is 4. The molecule has 8 N–H and O–H groups in total. The highest BCUT2D eigenvalue weighted by Crippen LogP contribution is 2.36. The number of rotatable bonds is 20. The van der Waals surface area contributed by atoms with Gasteiger partial charge in [0.05, 0.1) is 24.2 Å². The van der Waals surface area contributed by atoms with Gasteiger partial charge in [-0.3, -0.25) is 38.4 Å². The van der Waals surface area contributed by atoms with Gasteiger partial charge in [-0.2, -0.15) is 0 Å². The lowest BCUT2D eigenvalue weighted by molar-refractivity contribution is -0.148. The first kappa shape index (κ1) is 67.3. The van der Waals surface area contributed by atoms with Gasteiger partial charge in [0.15, 0.2) is 0 Å². The van der Waals surface area contributed by atoms with E-state index in [1.165, 1.54) is 16.0 Å². The van der Waals surface area contributed by atoms with Crippen LogP contribution >= 0.6 is 0 Å². The predicted molar refractivity (Wildman–Crippen MR) is 343 cm³/mol. The molecule has 2 aliphatic carbocycles. The van der Waals surface area contributed by atoms with Crippen molar-refractivity contribution in [2.75, 3.05) is 20.1 Å². The molecular weight excluding hydrogens is 1120 g/mol. The number of likely N-dealkylation sites (N-methyl/N-ethyl adjacent to an activating group) is 2. The quantitative estimate of drug-likeness (QED) is 0.0457. The zero-order valence-electron chi connectivity index (χ0n) is 54.5. The van der Waals surface area contributed by atoms with E-state index in [4.69, 9.17) is 4.74 Å². The third kappa shape index (κ3) is 16.4. The minimum absolute atomic E-state index is 0.0493. The molecule has 8 amide bonds. The van der Waals surface area contributed by atoms with Crippen molar-refractivity contribution in [2.24, 2.45) is 16.2 Å². The highest BCUT2D eigenvalue weighted by atomic mass is 16.5. The van der Waals surface area contributed by atoms with Crippen molar-refractivity contribution in [3.63, 3.8) is 0 Å². The van der Waals surface area contributed by atoms with Gasteiger partial charge in [0.25, 0.3) is 5.91 Å². The van der Waals surface area contributed by atoms with E-state index in [2.05, 4.69) is 54.7 Å². The molecule has 4 aromatic carbocycles. The number of carbonyl (C=O) groups excluding carboxylic acids is 8. The van der Waals surface area contributed by atoms with E-state index in [-0.39, 0.29) is 74.2 Å². The number of hydrogen-bond acceptors (Lipinski definition) is 11. The molecule has 0 bridgehead atoms. The Kier molecular flexibility index (Phi) is 21.5. The molecular formula is C70H96N10O9. The number of amides is 8. The summed E-state index contributed by atoms with van der Waals surface area (Å²) in [5, 5.41) is 24.6. The van der Waals surface area contributed by atoms with E-state index in [0.29, 0.717) is 17.9 Å². The van der Waals surface area contributed by atoms with Crippen LogP contribution in [0, 0.1) is 16.2 Å². The summed E-state index contributed by atoms with van der Waals surface area (Å²) in [6.45, 7) is 22.9. The van der Waals surface area contributed by atoms with Crippen LogP contribution < -0.4 is 47.3 Å². The number of hydrogen-bond donors (Lipinski definition) is 8. The van der Waals surface area contributed by atoms with Crippen molar-refractivity contribution in [1.29, 1.82) is 0 Å². The van der Waals surface area contributed by atoms with E-state index in [9.17, 15) is 33.6 Å². The van der Waals surface area contributed by atoms with E-state index in [1.54, 1.807) is 50.1 Å². The molecule has 0 spiro atoms. The van der Waals surface area contributed by atoms with Gasteiger partial charge in [-0.15, -0.1) is 0 Å². The molecule has 1 fully saturated rings. The molecule has 0 radical (unpaired) electrons. The summed E-state index contributed by atoms with van der Waals surface area (Å²) >= 11 is 0. The first-order valence-electron chi connectivity index (χ1n) is 31.9. The third-order valence-electron chi connectivity index (χ3n) is 18.1. The molecule has 10 atom stereocenters. The van der Waals surface area contributed by atoms with Crippen LogP contribution in [-0.2, 0) is 66.0 Å². The standard InChI is InChI=1S/C70H96N10O9/c1-14-72-42(3)61(82)76-57(68(4,5)6)65(86)78-59(70(10,11)12)66(87)79-38-48-35-50(34-33-47(48)36-55(79)63(84)74-53-27-19-23-44-21-15-17-25-51(44)53)89-40-43-29-31-46(32-30-43)62(83)73-49-37-56(64(85)75-54-28-20-24-45-22-16-18-26-52(45)54)80(39-49)67(88)58(69(7,8)9)77-60(81)41(2)71-13/h15-18,21-22,25-26,29-35,41-42,49,53-59,71-72H,14,19-20,23-24,27-28,36-40H2,1-13H3,(H,73,83)(H,74,84)(H,75,85)(H,76,82)(H,77,81)(H,78,86)/t41-,42?,49?,53?,54?,55?,56?,57?,58?,59?/m0/s1. The molecule has 480 valence electrons. The number of fused-ring (bicyclic) bond motifs is 3.